The number of methoxy groups -OCH3 is 1. The molecule has 3 heteroatoms. The Labute approximate surface area is 99.7 Å². The fraction of sp³-hybridized carbons (Fsp3) is 0.500. The van der Waals surface area contributed by atoms with Crippen molar-refractivity contribution in [3.8, 4) is 5.75 Å². The molecule has 0 saturated carbocycles. The van der Waals surface area contributed by atoms with Crippen LogP contribution in [0, 0.1) is 0 Å². The molecular formula is C12H17BrO2. The Balaban J connectivity index is 2.51. The first kappa shape index (κ1) is 12.5. The van der Waals surface area contributed by atoms with Gasteiger partial charge in [0.2, 0.25) is 0 Å². The van der Waals surface area contributed by atoms with Gasteiger partial charge in [-0.25, -0.2) is 0 Å². The number of hydrogen-bond acceptors (Lipinski definition) is 2. The van der Waals surface area contributed by atoms with Gasteiger partial charge in [-0.05, 0) is 31.5 Å². The van der Waals surface area contributed by atoms with Crippen LogP contribution in [0.25, 0.3) is 0 Å². The molecule has 0 spiro atoms. The lowest BCUT2D eigenvalue weighted by Crippen LogP contribution is -2.25. The fourth-order valence-corrected chi connectivity index (χ4v) is 1.20. The van der Waals surface area contributed by atoms with Crippen molar-refractivity contribution in [1.29, 1.82) is 0 Å². The van der Waals surface area contributed by atoms with Crippen molar-refractivity contribution in [2.24, 2.45) is 0 Å². The summed E-state index contributed by atoms with van der Waals surface area (Å²) >= 11 is 3.42. The Bertz CT molecular complexity index is 293. The van der Waals surface area contributed by atoms with Gasteiger partial charge < -0.3 is 9.47 Å². The van der Waals surface area contributed by atoms with Gasteiger partial charge in [-0.15, -0.1) is 0 Å². The lowest BCUT2D eigenvalue weighted by Gasteiger charge is -2.22. The van der Waals surface area contributed by atoms with E-state index in [-0.39, 0.29) is 5.60 Å². The predicted octanol–water partition coefficient (Wildman–Crippen LogP) is 3.39. The second-order valence-electron chi connectivity index (χ2n) is 4.03. The summed E-state index contributed by atoms with van der Waals surface area (Å²) in [7, 11) is 1.67. The first-order valence-electron chi connectivity index (χ1n) is 4.90. The van der Waals surface area contributed by atoms with E-state index in [9.17, 15) is 0 Å². The molecule has 84 valence electrons. The third-order valence-corrected chi connectivity index (χ3v) is 3.46. The van der Waals surface area contributed by atoms with Crippen LogP contribution in [-0.4, -0.2) is 18.0 Å². The molecule has 2 nitrogen and oxygen atoms in total. The van der Waals surface area contributed by atoms with E-state index in [2.05, 4.69) is 29.8 Å². The number of halogens is 1. The van der Waals surface area contributed by atoms with Crippen LogP contribution in [0.1, 0.15) is 19.4 Å². The number of ether oxygens (including phenoxy) is 2. The molecule has 0 aliphatic heterocycles. The van der Waals surface area contributed by atoms with Crippen LogP contribution < -0.4 is 4.74 Å². The first-order valence-corrected chi connectivity index (χ1v) is 6.02. The van der Waals surface area contributed by atoms with Crippen LogP contribution in [0.15, 0.2) is 24.3 Å². The van der Waals surface area contributed by atoms with Crippen LogP contribution in [0.4, 0.5) is 0 Å². The monoisotopic (exact) mass is 272 g/mol. The predicted molar refractivity (Wildman–Crippen MR) is 65.7 cm³/mol. The molecule has 0 bridgehead atoms. The highest BCUT2D eigenvalue weighted by Crippen LogP contribution is 2.17. The summed E-state index contributed by atoms with van der Waals surface area (Å²) in [6.07, 6.45) is 0. The molecule has 0 aliphatic rings. The summed E-state index contributed by atoms with van der Waals surface area (Å²) in [5.41, 5.74) is 1.03. The van der Waals surface area contributed by atoms with Gasteiger partial charge in [-0.1, -0.05) is 28.1 Å². The quantitative estimate of drug-likeness (QED) is 0.766. The molecule has 0 unspecified atom stereocenters. The van der Waals surface area contributed by atoms with Crippen molar-refractivity contribution < 1.29 is 9.47 Å². The highest BCUT2D eigenvalue weighted by Gasteiger charge is 2.15. The Hall–Kier alpha value is -0.540. The molecule has 0 amide bonds. The molecule has 1 aromatic carbocycles. The van der Waals surface area contributed by atoms with E-state index in [4.69, 9.17) is 9.47 Å². The maximum atomic E-state index is 5.75. The third-order valence-electron chi connectivity index (χ3n) is 2.11. The molecule has 15 heavy (non-hydrogen) atoms. The zero-order valence-electron chi connectivity index (χ0n) is 9.42. The lowest BCUT2D eigenvalue weighted by molar-refractivity contribution is -0.0103. The van der Waals surface area contributed by atoms with E-state index < -0.39 is 0 Å². The van der Waals surface area contributed by atoms with Crippen LogP contribution in [0.5, 0.6) is 5.75 Å². The van der Waals surface area contributed by atoms with Crippen molar-refractivity contribution in [1.82, 2.24) is 0 Å². The summed E-state index contributed by atoms with van der Waals surface area (Å²) in [6.45, 7) is 4.75. The highest BCUT2D eigenvalue weighted by molar-refractivity contribution is 9.09. The zero-order chi connectivity index (χ0) is 11.3. The average Bonchev–Trinajstić information content (AvgIpc) is 2.27. The highest BCUT2D eigenvalue weighted by atomic mass is 79.9. The second kappa shape index (κ2) is 5.52. The van der Waals surface area contributed by atoms with E-state index in [1.165, 1.54) is 0 Å². The summed E-state index contributed by atoms with van der Waals surface area (Å²) < 4.78 is 10.8. The van der Waals surface area contributed by atoms with Gasteiger partial charge in [0, 0.05) is 5.33 Å². The van der Waals surface area contributed by atoms with Gasteiger partial charge in [0.1, 0.15) is 5.75 Å². The maximum absolute atomic E-state index is 5.75. The Morgan fingerprint density at radius 2 is 1.80 bits per heavy atom. The van der Waals surface area contributed by atoms with E-state index >= 15 is 0 Å². The van der Waals surface area contributed by atoms with Crippen LogP contribution in [0.3, 0.4) is 0 Å². The fourth-order valence-electron chi connectivity index (χ4n) is 1.04. The average molecular weight is 273 g/mol. The van der Waals surface area contributed by atoms with Crippen LogP contribution in [-0.2, 0) is 11.3 Å². The van der Waals surface area contributed by atoms with E-state index in [1.54, 1.807) is 7.11 Å². The molecule has 0 aromatic heterocycles. The summed E-state index contributed by atoms with van der Waals surface area (Å²) in [4.78, 5) is 0. The minimum Gasteiger partial charge on any atom is -0.497 e. The van der Waals surface area contributed by atoms with Gasteiger partial charge in [0.25, 0.3) is 0 Å². The Morgan fingerprint density at radius 3 is 2.27 bits per heavy atom. The first-order chi connectivity index (χ1) is 7.07. The molecule has 0 saturated heterocycles. The summed E-state index contributed by atoms with van der Waals surface area (Å²) in [5, 5.41) is 0.830. The molecule has 0 radical (unpaired) electrons. The van der Waals surface area contributed by atoms with Gasteiger partial charge >= 0.3 is 0 Å². The van der Waals surface area contributed by atoms with Crippen molar-refractivity contribution in [3.63, 3.8) is 0 Å². The minimum absolute atomic E-state index is 0.125. The van der Waals surface area contributed by atoms with Crippen LogP contribution in [0.2, 0.25) is 0 Å². The van der Waals surface area contributed by atoms with E-state index in [1.807, 2.05) is 24.3 Å². The third kappa shape index (κ3) is 4.22. The number of alkyl halides is 1. The minimum atomic E-state index is -0.125. The van der Waals surface area contributed by atoms with Crippen molar-refractivity contribution in [3.05, 3.63) is 29.8 Å². The Kier molecular flexibility index (Phi) is 4.61. The molecule has 0 aliphatic carbocycles. The van der Waals surface area contributed by atoms with Crippen LogP contribution >= 0.6 is 15.9 Å². The molecule has 0 atom stereocenters. The number of hydrogen-bond donors (Lipinski definition) is 0. The molecule has 1 aromatic rings. The molecular weight excluding hydrogens is 256 g/mol. The molecule has 1 rings (SSSR count). The molecule has 0 heterocycles. The SMILES string of the molecule is COc1ccc(COC(C)(C)CBr)cc1. The summed E-state index contributed by atoms with van der Waals surface area (Å²) in [5.74, 6) is 0.874. The van der Waals surface area contributed by atoms with Gasteiger partial charge in [0.15, 0.2) is 0 Å². The summed E-state index contributed by atoms with van der Waals surface area (Å²) in [6, 6.07) is 7.92. The van der Waals surface area contributed by atoms with E-state index in [0.717, 1.165) is 16.6 Å². The van der Waals surface area contributed by atoms with E-state index in [0.29, 0.717) is 6.61 Å². The Morgan fingerprint density at radius 1 is 1.20 bits per heavy atom. The normalized spacial score (nSPS) is 11.5. The maximum Gasteiger partial charge on any atom is 0.118 e. The topological polar surface area (TPSA) is 18.5 Å². The molecule has 0 fully saturated rings. The lowest BCUT2D eigenvalue weighted by atomic mass is 10.2. The van der Waals surface area contributed by atoms with Crippen molar-refractivity contribution in [2.75, 3.05) is 12.4 Å². The largest absolute Gasteiger partial charge is 0.497 e. The smallest absolute Gasteiger partial charge is 0.118 e. The second-order valence-corrected chi connectivity index (χ2v) is 4.59. The number of rotatable bonds is 5. The van der Waals surface area contributed by atoms with Gasteiger partial charge in [-0.2, -0.15) is 0 Å². The van der Waals surface area contributed by atoms with Crippen molar-refractivity contribution in [2.45, 2.75) is 26.1 Å². The van der Waals surface area contributed by atoms with Gasteiger partial charge in [0.05, 0.1) is 19.3 Å². The van der Waals surface area contributed by atoms with Crippen molar-refractivity contribution >= 4 is 15.9 Å². The molecule has 0 N–H and O–H groups in total. The zero-order valence-corrected chi connectivity index (χ0v) is 11.0. The number of benzene rings is 1. The standard InChI is InChI=1S/C12H17BrO2/c1-12(2,9-13)15-8-10-4-6-11(14-3)7-5-10/h4-7H,8-9H2,1-3H3. The van der Waals surface area contributed by atoms with Gasteiger partial charge in [-0.3, -0.25) is 0 Å².